The number of likely N-dealkylation sites (tertiary alicyclic amines) is 1. The quantitative estimate of drug-likeness (QED) is 0.713. The van der Waals surface area contributed by atoms with Crippen molar-refractivity contribution in [3.8, 4) is 0 Å². The minimum atomic E-state index is -0.496. The first kappa shape index (κ1) is 20.5. The molecule has 0 bridgehead atoms. The molecular formula is C20H29BClNO4. The van der Waals surface area contributed by atoms with Gasteiger partial charge in [-0.15, -0.1) is 0 Å². The maximum atomic E-state index is 12.1. The summed E-state index contributed by atoms with van der Waals surface area (Å²) in [6.07, 6.45) is -0.265. The molecule has 3 rings (SSSR count). The molecule has 148 valence electrons. The monoisotopic (exact) mass is 393 g/mol. The normalized spacial score (nSPS) is 21.9. The largest absolute Gasteiger partial charge is 0.496 e. The Balaban J connectivity index is 1.70. The molecule has 2 heterocycles. The van der Waals surface area contributed by atoms with Gasteiger partial charge in [0.25, 0.3) is 0 Å². The zero-order chi connectivity index (χ0) is 20.2. The molecule has 0 N–H and O–H groups in total. The van der Waals surface area contributed by atoms with Gasteiger partial charge in [-0.05, 0) is 60.1 Å². The summed E-state index contributed by atoms with van der Waals surface area (Å²) in [7, 11) is -0.496. The van der Waals surface area contributed by atoms with Crippen LogP contribution in [0.4, 0.5) is 4.79 Å². The van der Waals surface area contributed by atoms with E-state index < -0.39 is 23.9 Å². The number of halogens is 1. The van der Waals surface area contributed by atoms with E-state index in [9.17, 15) is 4.79 Å². The summed E-state index contributed by atoms with van der Waals surface area (Å²) in [6, 6.07) is 5.93. The summed E-state index contributed by atoms with van der Waals surface area (Å²) in [5, 5.41) is 0.626. The van der Waals surface area contributed by atoms with Crippen LogP contribution in [0.15, 0.2) is 18.2 Å². The molecule has 0 spiro atoms. The Bertz CT molecular complexity index is 722. The van der Waals surface area contributed by atoms with Crippen LogP contribution in [0, 0.1) is 0 Å². The van der Waals surface area contributed by atoms with Gasteiger partial charge in [0.15, 0.2) is 0 Å². The van der Waals surface area contributed by atoms with Gasteiger partial charge in [-0.25, -0.2) is 4.79 Å². The summed E-state index contributed by atoms with van der Waals surface area (Å²) < 4.78 is 17.7. The molecule has 0 aromatic heterocycles. The second-order valence-corrected chi connectivity index (χ2v) is 9.86. The minimum Gasteiger partial charge on any atom is -0.444 e. The van der Waals surface area contributed by atoms with Crippen molar-refractivity contribution < 1.29 is 18.8 Å². The molecule has 2 aliphatic rings. The van der Waals surface area contributed by atoms with Gasteiger partial charge in [-0.3, -0.25) is 0 Å². The van der Waals surface area contributed by atoms with Crippen molar-refractivity contribution in [2.24, 2.45) is 0 Å². The average molecular weight is 394 g/mol. The molecule has 7 heteroatoms. The molecule has 0 saturated carbocycles. The summed E-state index contributed by atoms with van der Waals surface area (Å²) in [5.41, 5.74) is 0.654. The predicted molar refractivity (Wildman–Crippen MR) is 108 cm³/mol. The van der Waals surface area contributed by atoms with Crippen molar-refractivity contribution >= 4 is 30.3 Å². The van der Waals surface area contributed by atoms with Crippen molar-refractivity contribution in [2.45, 2.75) is 71.2 Å². The van der Waals surface area contributed by atoms with Crippen LogP contribution in [-0.4, -0.2) is 48.0 Å². The Morgan fingerprint density at radius 2 is 1.74 bits per heavy atom. The fraction of sp³-hybridized carbons (Fsp3) is 0.650. The van der Waals surface area contributed by atoms with Crippen molar-refractivity contribution in [3.05, 3.63) is 28.8 Å². The maximum Gasteiger partial charge on any atom is 0.496 e. The molecule has 0 aliphatic carbocycles. The highest BCUT2D eigenvalue weighted by molar-refractivity contribution is 6.65. The molecule has 0 radical (unpaired) electrons. The van der Waals surface area contributed by atoms with Gasteiger partial charge < -0.3 is 18.9 Å². The number of benzene rings is 1. The molecule has 5 nitrogen and oxygen atoms in total. The zero-order valence-electron chi connectivity index (χ0n) is 17.3. The second kappa shape index (κ2) is 6.68. The number of carbonyl (C=O) groups is 1. The van der Waals surface area contributed by atoms with Crippen LogP contribution in [0.3, 0.4) is 0 Å². The number of nitrogens with zero attached hydrogens (tertiary/aromatic N) is 1. The second-order valence-electron chi connectivity index (χ2n) is 9.45. The van der Waals surface area contributed by atoms with E-state index in [4.69, 9.17) is 25.6 Å². The van der Waals surface area contributed by atoms with Gasteiger partial charge in [0.2, 0.25) is 0 Å². The molecule has 27 heavy (non-hydrogen) atoms. The van der Waals surface area contributed by atoms with E-state index in [2.05, 4.69) is 0 Å². The van der Waals surface area contributed by atoms with E-state index in [1.165, 1.54) is 0 Å². The van der Waals surface area contributed by atoms with E-state index in [0.29, 0.717) is 18.1 Å². The van der Waals surface area contributed by atoms with Crippen LogP contribution in [-0.2, 0) is 14.0 Å². The molecule has 0 atom stereocenters. The summed E-state index contributed by atoms with van der Waals surface area (Å²) in [6.45, 7) is 15.0. The Morgan fingerprint density at radius 1 is 1.19 bits per heavy atom. The molecule has 2 saturated heterocycles. The molecule has 1 aromatic carbocycles. The van der Waals surface area contributed by atoms with Crippen molar-refractivity contribution in [1.82, 2.24) is 4.90 Å². The number of carbonyl (C=O) groups excluding carboxylic acids is 1. The number of hydrogen-bond acceptors (Lipinski definition) is 4. The highest BCUT2D eigenvalue weighted by Gasteiger charge is 2.52. The Hall–Kier alpha value is -1.24. The van der Waals surface area contributed by atoms with Gasteiger partial charge in [0, 0.05) is 29.5 Å². The number of amides is 1. The summed E-state index contributed by atoms with van der Waals surface area (Å²) in [5.74, 6) is 0.260. The first-order chi connectivity index (χ1) is 12.3. The SMILES string of the molecule is CC(C)(C)OC(=O)N1CC(c2ccc(Cl)c(B3OC(C)(C)C(C)(C)O3)c2)C1. The third-order valence-electron chi connectivity index (χ3n) is 5.53. The van der Waals surface area contributed by atoms with Crippen LogP contribution in [0.1, 0.15) is 59.9 Å². The lowest BCUT2D eigenvalue weighted by Gasteiger charge is -2.40. The lowest BCUT2D eigenvalue weighted by atomic mass is 9.76. The number of hydrogen-bond donors (Lipinski definition) is 0. The van der Waals surface area contributed by atoms with Crippen LogP contribution in [0.25, 0.3) is 0 Å². The molecule has 0 unspecified atom stereocenters. The van der Waals surface area contributed by atoms with Crippen LogP contribution < -0.4 is 5.46 Å². The van der Waals surface area contributed by atoms with Crippen LogP contribution in [0.5, 0.6) is 0 Å². The molecular weight excluding hydrogens is 364 g/mol. The highest BCUT2D eigenvalue weighted by atomic mass is 35.5. The van der Waals surface area contributed by atoms with Crippen molar-refractivity contribution in [3.63, 3.8) is 0 Å². The highest BCUT2D eigenvalue weighted by Crippen LogP contribution is 2.37. The first-order valence-corrected chi connectivity index (χ1v) is 9.80. The summed E-state index contributed by atoms with van der Waals surface area (Å²) >= 11 is 6.44. The molecule has 1 aromatic rings. The minimum absolute atomic E-state index is 0.260. The Kier molecular flexibility index (Phi) is 5.07. The van der Waals surface area contributed by atoms with Gasteiger partial charge in [0.05, 0.1) is 11.2 Å². The van der Waals surface area contributed by atoms with Gasteiger partial charge in [-0.1, -0.05) is 23.7 Å². The van der Waals surface area contributed by atoms with E-state index >= 15 is 0 Å². The van der Waals surface area contributed by atoms with E-state index in [-0.39, 0.29) is 12.0 Å². The number of ether oxygens (including phenoxy) is 1. The predicted octanol–water partition coefficient (Wildman–Crippen LogP) is 3.97. The molecule has 2 aliphatic heterocycles. The van der Waals surface area contributed by atoms with Crippen molar-refractivity contribution in [1.29, 1.82) is 0 Å². The van der Waals surface area contributed by atoms with Crippen LogP contribution >= 0.6 is 11.6 Å². The van der Waals surface area contributed by atoms with Gasteiger partial charge in [-0.2, -0.15) is 0 Å². The number of rotatable bonds is 2. The molecule has 1 amide bonds. The van der Waals surface area contributed by atoms with E-state index in [1.807, 2.05) is 66.7 Å². The molecule has 2 fully saturated rings. The first-order valence-electron chi connectivity index (χ1n) is 9.42. The van der Waals surface area contributed by atoms with Crippen molar-refractivity contribution in [2.75, 3.05) is 13.1 Å². The van der Waals surface area contributed by atoms with Gasteiger partial charge >= 0.3 is 13.2 Å². The lowest BCUT2D eigenvalue weighted by molar-refractivity contribution is 0.00578. The third kappa shape index (κ3) is 4.13. The van der Waals surface area contributed by atoms with Crippen LogP contribution in [0.2, 0.25) is 5.02 Å². The van der Waals surface area contributed by atoms with Gasteiger partial charge in [0.1, 0.15) is 5.60 Å². The van der Waals surface area contributed by atoms with E-state index in [0.717, 1.165) is 11.0 Å². The Labute approximate surface area is 167 Å². The lowest BCUT2D eigenvalue weighted by Crippen LogP contribution is -2.50. The summed E-state index contributed by atoms with van der Waals surface area (Å²) in [4.78, 5) is 13.9. The average Bonchev–Trinajstić information content (AvgIpc) is 2.65. The zero-order valence-corrected chi connectivity index (χ0v) is 18.0. The standard InChI is InChI=1S/C20H29BClNO4/c1-18(2,3)25-17(24)23-11-14(12-23)13-8-9-16(22)15(10-13)21-26-19(4,5)20(6,7)27-21/h8-10,14H,11-12H2,1-7H3. The van der Waals surface area contributed by atoms with E-state index in [1.54, 1.807) is 4.90 Å². The topological polar surface area (TPSA) is 48.0 Å². The smallest absolute Gasteiger partial charge is 0.444 e. The fourth-order valence-corrected chi connectivity index (χ4v) is 3.34. The Morgan fingerprint density at radius 3 is 2.26 bits per heavy atom. The fourth-order valence-electron chi connectivity index (χ4n) is 3.13. The third-order valence-corrected chi connectivity index (χ3v) is 5.88. The maximum absolute atomic E-state index is 12.1.